The van der Waals surface area contributed by atoms with Gasteiger partial charge in [-0.15, -0.1) is 0 Å². The van der Waals surface area contributed by atoms with Crippen LogP contribution in [0.2, 0.25) is 0 Å². The van der Waals surface area contributed by atoms with Crippen molar-refractivity contribution in [3.8, 4) is 67.8 Å². The third kappa shape index (κ3) is 6.65. The van der Waals surface area contributed by atoms with Gasteiger partial charge in [0, 0.05) is 50.3 Å². The van der Waals surface area contributed by atoms with E-state index < -0.39 is 0 Å². The van der Waals surface area contributed by atoms with E-state index in [1.807, 2.05) is 25.1 Å². The molecule has 0 atom stereocenters. The van der Waals surface area contributed by atoms with Crippen molar-refractivity contribution in [1.29, 1.82) is 0 Å². The molecule has 10 aromatic rings. The molecular weight excluding hydrogens is 719 g/mol. The zero-order chi connectivity index (χ0) is 39.7. The van der Waals surface area contributed by atoms with Crippen molar-refractivity contribution in [3.05, 3.63) is 211 Å². The SMILES string of the molecule is C=c1/c(=C\C=C/C)n(-c2cccc(-c3nc(-c4cccc(-c5ccccc5)c4)nc(-c4cccc(-c5ccccc5)c4)n3)c2)c2c1ccc1ccn(-c3ccccc3)c12. The lowest BCUT2D eigenvalue weighted by Gasteiger charge is -2.13. The number of allylic oxidation sites excluding steroid dienone is 2. The molecule has 0 spiro atoms. The summed E-state index contributed by atoms with van der Waals surface area (Å²) in [5.41, 5.74) is 11.4. The van der Waals surface area contributed by atoms with Gasteiger partial charge in [-0.25, -0.2) is 15.0 Å². The van der Waals surface area contributed by atoms with Gasteiger partial charge in [-0.3, -0.25) is 0 Å². The molecule has 0 N–H and O–H groups in total. The molecule has 0 saturated carbocycles. The Kier molecular flexibility index (Phi) is 9.16. The summed E-state index contributed by atoms with van der Waals surface area (Å²) < 4.78 is 4.60. The van der Waals surface area contributed by atoms with Crippen LogP contribution in [0.4, 0.5) is 0 Å². The van der Waals surface area contributed by atoms with Crippen molar-refractivity contribution >= 4 is 34.5 Å². The van der Waals surface area contributed by atoms with Crippen LogP contribution in [-0.2, 0) is 0 Å². The van der Waals surface area contributed by atoms with E-state index in [0.29, 0.717) is 17.5 Å². The Morgan fingerprint density at radius 2 is 0.949 bits per heavy atom. The number of hydrogen-bond donors (Lipinski definition) is 0. The average Bonchev–Trinajstić information content (AvgIpc) is 3.87. The number of nitrogens with zero attached hydrogens (tertiary/aromatic N) is 5. The van der Waals surface area contributed by atoms with E-state index in [4.69, 9.17) is 15.0 Å². The van der Waals surface area contributed by atoms with Crippen molar-refractivity contribution in [2.45, 2.75) is 6.92 Å². The Bertz CT molecular complexity index is 3190. The largest absolute Gasteiger partial charge is 0.315 e. The molecule has 0 aliphatic heterocycles. The first-order chi connectivity index (χ1) is 29.1. The number of rotatable bonds is 8. The van der Waals surface area contributed by atoms with Gasteiger partial charge >= 0.3 is 0 Å². The molecule has 0 aliphatic rings. The van der Waals surface area contributed by atoms with Gasteiger partial charge < -0.3 is 9.13 Å². The highest BCUT2D eigenvalue weighted by Crippen LogP contribution is 2.33. The number of hydrogen-bond acceptors (Lipinski definition) is 3. The molecule has 0 fully saturated rings. The summed E-state index contributed by atoms with van der Waals surface area (Å²) in [6.07, 6.45) is 8.43. The number of para-hydroxylation sites is 1. The molecule has 59 heavy (non-hydrogen) atoms. The van der Waals surface area contributed by atoms with E-state index in [9.17, 15) is 0 Å². The molecule has 0 saturated heterocycles. The van der Waals surface area contributed by atoms with Crippen molar-refractivity contribution in [3.63, 3.8) is 0 Å². The molecular formula is C54H39N5. The quantitative estimate of drug-likeness (QED) is 0.155. The molecule has 3 heterocycles. The van der Waals surface area contributed by atoms with Crippen LogP contribution < -0.4 is 10.6 Å². The van der Waals surface area contributed by atoms with Gasteiger partial charge in [0.05, 0.1) is 16.4 Å². The molecule has 5 heteroatoms. The van der Waals surface area contributed by atoms with Crippen LogP contribution in [0, 0.1) is 0 Å². The van der Waals surface area contributed by atoms with Crippen LogP contribution in [0.15, 0.2) is 200 Å². The lowest BCUT2D eigenvalue weighted by molar-refractivity contribution is 1.05. The van der Waals surface area contributed by atoms with Crippen LogP contribution in [0.5, 0.6) is 0 Å². The predicted molar refractivity (Wildman–Crippen MR) is 245 cm³/mol. The first-order valence-corrected chi connectivity index (χ1v) is 19.8. The topological polar surface area (TPSA) is 48.5 Å². The second-order valence-electron chi connectivity index (χ2n) is 14.6. The third-order valence-electron chi connectivity index (χ3n) is 10.9. The highest BCUT2D eigenvalue weighted by molar-refractivity contribution is 6.06. The Balaban J connectivity index is 1.19. The monoisotopic (exact) mass is 757 g/mol. The predicted octanol–water partition coefficient (Wildman–Crippen LogP) is 11.9. The first-order valence-electron chi connectivity index (χ1n) is 19.8. The highest BCUT2D eigenvalue weighted by Gasteiger charge is 2.18. The van der Waals surface area contributed by atoms with E-state index in [1.165, 1.54) is 0 Å². The summed E-state index contributed by atoms with van der Waals surface area (Å²) in [6.45, 7) is 6.68. The first kappa shape index (κ1) is 35.5. The Labute approximate surface area is 342 Å². The zero-order valence-corrected chi connectivity index (χ0v) is 32.6. The van der Waals surface area contributed by atoms with Crippen LogP contribution in [0.1, 0.15) is 6.92 Å². The molecule has 0 radical (unpaired) electrons. The van der Waals surface area contributed by atoms with E-state index in [1.54, 1.807) is 0 Å². The number of fused-ring (bicyclic) bond motifs is 3. The lowest BCUT2D eigenvalue weighted by atomic mass is 10.0. The van der Waals surface area contributed by atoms with Crippen molar-refractivity contribution in [1.82, 2.24) is 24.1 Å². The fraction of sp³-hybridized carbons (Fsp3) is 0.0185. The minimum absolute atomic E-state index is 0.588. The normalized spacial score (nSPS) is 11.9. The van der Waals surface area contributed by atoms with Crippen molar-refractivity contribution in [2.24, 2.45) is 0 Å². The van der Waals surface area contributed by atoms with Crippen LogP contribution in [0.3, 0.4) is 0 Å². The third-order valence-corrected chi connectivity index (χ3v) is 10.9. The van der Waals surface area contributed by atoms with Crippen LogP contribution >= 0.6 is 0 Å². The second-order valence-corrected chi connectivity index (χ2v) is 14.6. The second kappa shape index (κ2) is 15.2. The highest BCUT2D eigenvalue weighted by atomic mass is 15.0. The molecule has 7 aromatic carbocycles. The molecule has 280 valence electrons. The van der Waals surface area contributed by atoms with Gasteiger partial charge in [0.2, 0.25) is 0 Å². The van der Waals surface area contributed by atoms with Gasteiger partial charge in [-0.2, -0.15) is 0 Å². The fourth-order valence-electron chi connectivity index (χ4n) is 7.99. The summed E-state index contributed by atoms with van der Waals surface area (Å²) in [7, 11) is 0. The van der Waals surface area contributed by atoms with E-state index in [0.717, 1.165) is 82.7 Å². The Morgan fingerprint density at radius 3 is 1.53 bits per heavy atom. The minimum Gasteiger partial charge on any atom is -0.315 e. The molecule has 10 rings (SSSR count). The maximum Gasteiger partial charge on any atom is 0.164 e. The van der Waals surface area contributed by atoms with Crippen molar-refractivity contribution < 1.29 is 0 Å². The Morgan fingerprint density at radius 1 is 0.458 bits per heavy atom. The molecule has 3 aromatic heterocycles. The lowest BCUT2D eigenvalue weighted by Crippen LogP contribution is -2.27. The molecule has 5 nitrogen and oxygen atoms in total. The summed E-state index contributed by atoms with van der Waals surface area (Å²) in [5, 5.41) is 4.22. The van der Waals surface area contributed by atoms with Crippen LogP contribution in [-0.4, -0.2) is 24.1 Å². The fourth-order valence-corrected chi connectivity index (χ4v) is 7.99. The van der Waals surface area contributed by atoms with E-state index in [2.05, 4.69) is 204 Å². The summed E-state index contributed by atoms with van der Waals surface area (Å²) >= 11 is 0. The number of aromatic nitrogens is 5. The molecule has 0 bridgehead atoms. The van der Waals surface area contributed by atoms with E-state index >= 15 is 0 Å². The van der Waals surface area contributed by atoms with E-state index in [-0.39, 0.29) is 0 Å². The summed E-state index contributed by atoms with van der Waals surface area (Å²) in [6, 6.07) is 63.2. The molecule has 0 amide bonds. The maximum atomic E-state index is 5.22. The smallest absolute Gasteiger partial charge is 0.164 e. The zero-order valence-electron chi connectivity index (χ0n) is 32.6. The van der Waals surface area contributed by atoms with Gasteiger partial charge in [0.1, 0.15) is 0 Å². The average molecular weight is 758 g/mol. The minimum atomic E-state index is 0.588. The van der Waals surface area contributed by atoms with Gasteiger partial charge in [-0.05, 0) is 77.7 Å². The summed E-state index contributed by atoms with van der Waals surface area (Å²) in [5.74, 6) is 1.80. The van der Waals surface area contributed by atoms with Crippen molar-refractivity contribution in [2.75, 3.05) is 0 Å². The molecule has 0 aliphatic carbocycles. The van der Waals surface area contributed by atoms with Crippen LogP contribution in [0.25, 0.3) is 102 Å². The molecule has 0 unspecified atom stereocenters. The standard InChI is InChI=1S/C54H39N5/c1-3-4-29-49-37(2)48-31-30-40-32-33-58(46-26-12-7-13-27-46)50(40)51(48)59(49)47-28-16-25-45(36-47)54-56-52(43-23-14-21-41(34-43)38-17-8-5-9-18-38)55-53(57-54)44-24-15-22-42(35-44)39-19-10-6-11-20-39/h3-36H,2H2,1H3/b4-3-,49-29+. The number of benzene rings is 7. The summed E-state index contributed by atoms with van der Waals surface area (Å²) in [4.78, 5) is 15.6. The Hall–Kier alpha value is -7.89. The van der Waals surface area contributed by atoms with Gasteiger partial charge in [0.25, 0.3) is 0 Å². The van der Waals surface area contributed by atoms with Gasteiger partial charge in [-0.1, -0.05) is 158 Å². The van der Waals surface area contributed by atoms with Gasteiger partial charge in [0.15, 0.2) is 17.5 Å². The maximum absolute atomic E-state index is 5.22.